The summed E-state index contributed by atoms with van der Waals surface area (Å²) in [6.45, 7) is 1.64. The first-order valence-electron chi connectivity index (χ1n) is 7.06. The van der Waals surface area contributed by atoms with E-state index in [2.05, 4.69) is 17.0 Å². The average Bonchev–Trinajstić information content (AvgIpc) is 2.51. The molecule has 21 heavy (non-hydrogen) atoms. The first-order valence-corrected chi connectivity index (χ1v) is 7.82. The van der Waals surface area contributed by atoms with Gasteiger partial charge in [-0.25, -0.2) is 0 Å². The van der Waals surface area contributed by atoms with Crippen LogP contribution in [-0.4, -0.2) is 18.2 Å². The van der Waals surface area contributed by atoms with Crippen molar-refractivity contribution in [2.24, 2.45) is 0 Å². The molecule has 0 aliphatic carbocycles. The maximum atomic E-state index is 10.9. The van der Waals surface area contributed by atoms with Crippen LogP contribution in [0.2, 0.25) is 10.0 Å². The van der Waals surface area contributed by atoms with Crippen molar-refractivity contribution in [3.05, 3.63) is 64.1 Å². The van der Waals surface area contributed by atoms with Crippen molar-refractivity contribution in [3.63, 3.8) is 0 Å². The lowest BCUT2D eigenvalue weighted by atomic mass is 9.84. The third kappa shape index (κ3) is 3.03. The van der Waals surface area contributed by atoms with E-state index in [1.54, 1.807) is 12.1 Å². The van der Waals surface area contributed by atoms with Crippen molar-refractivity contribution in [1.82, 2.24) is 0 Å². The Morgan fingerprint density at radius 2 is 1.57 bits per heavy atom. The van der Waals surface area contributed by atoms with Gasteiger partial charge in [0.05, 0.1) is 15.6 Å². The number of piperidine rings is 1. The standard InChI is InChI=1S/C17H17Cl2NO/c18-15-7-6-13(12-16(15)19)17(21)8-10-20(11-9-17)14-4-2-1-3-5-14/h1-7,12,21H,8-11H2. The average molecular weight is 322 g/mol. The molecule has 2 nitrogen and oxygen atoms in total. The number of nitrogens with zero attached hydrogens (tertiary/aromatic N) is 1. The highest BCUT2D eigenvalue weighted by Gasteiger charge is 2.34. The van der Waals surface area contributed by atoms with E-state index >= 15 is 0 Å². The van der Waals surface area contributed by atoms with E-state index < -0.39 is 5.60 Å². The number of anilines is 1. The lowest BCUT2D eigenvalue weighted by Crippen LogP contribution is -2.42. The van der Waals surface area contributed by atoms with Gasteiger partial charge in [-0.05, 0) is 42.7 Å². The second kappa shape index (κ2) is 5.88. The smallest absolute Gasteiger partial charge is 0.0930 e. The van der Waals surface area contributed by atoms with Crippen LogP contribution in [0.4, 0.5) is 5.69 Å². The van der Waals surface area contributed by atoms with Gasteiger partial charge in [0, 0.05) is 18.8 Å². The Morgan fingerprint density at radius 3 is 2.19 bits per heavy atom. The quantitative estimate of drug-likeness (QED) is 0.881. The molecule has 0 bridgehead atoms. The van der Waals surface area contributed by atoms with Crippen molar-refractivity contribution in [2.75, 3.05) is 18.0 Å². The second-order valence-corrected chi connectivity index (χ2v) is 6.30. The van der Waals surface area contributed by atoms with Gasteiger partial charge in [0.1, 0.15) is 0 Å². The van der Waals surface area contributed by atoms with E-state index in [1.807, 2.05) is 24.3 Å². The summed E-state index contributed by atoms with van der Waals surface area (Å²) in [5, 5.41) is 11.9. The van der Waals surface area contributed by atoms with Crippen molar-refractivity contribution in [1.29, 1.82) is 0 Å². The summed E-state index contributed by atoms with van der Waals surface area (Å²) in [5.74, 6) is 0. The summed E-state index contributed by atoms with van der Waals surface area (Å²) in [6, 6.07) is 15.7. The van der Waals surface area contributed by atoms with Gasteiger partial charge in [0.15, 0.2) is 0 Å². The van der Waals surface area contributed by atoms with Crippen LogP contribution in [0.3, 0.4) is 0 Å². The summed E-state index contributed by atoms with van der Waals surface area (Å²) in [5.41, 5.74) is 1.23. The zero-order valence-electron chi connectivity index (χ0n) is 11.6. The largest absolute Gasteiger partial charge is 0.385 e. The van der Waals surface area contributed by atoms with Gasteiger partial charge in [0.2, 0.25) is 0 Å². The summed E-state index contributed by atoms with van der Waals surface area (Å²) in [6.07, 6.45) is 1.36. The Kier molecular flexibility index (Phi) is 4.12. The molecule has 0 aromatic heterocycles. The maximum absolute atomic E-state index is 10.9. The van der Waals surface area contributed by atoms with Crippen LogP contribution in [0.25, 0.3) is 0 Å². The second-order valence-electron chi connectivity index (χ2n) is 5.48. The van der Waals surface area contributed by atoms with Crippen LogP contribution >= 0.6 is 23.2 Å². The van der Waals surface area contributed by atoms with Gasteiger partial charge in [-0.2, -0.15) is 0 Å². The fourth-order valence-corrected chi connectivity index (χ4v) is 3.15. The predicted octanol–water partition coefficient (Wildman–Crippen LogP) is 4.48. The molecule has 4 heteroatoms. The van der Waals surface area contributed by atoms with Gasteiger partial charge in [0.25, 0.3) is 0 Å². The van der Waals surface area contributed by atoms with E-state index in [0.29, 0.717) is 22.9 Å². The summed E-state index contributed by atoms with van der Waals surface area (Å²) in [7, 11) is 0. The highest BCUT2D eigenvalue weighted by atomic mass is 35.5. The molecule has 0 amide bonds. The number of hydrogen-bond acceptors (Lipinski definition) is 2. The third-order valence-electron chi connectivity index (χ3n) is 4.17. The van der Waals surface area contributed by atoms with Crippen molar-refractivity contribution < 1.29 is 5.11 Å². The molecule has 0 atom stereocenters. The van der Waals surface area contributed by atoms with E-state index in [1.165, 1.54) is 5.69 Å². The minimum absolute atomic E-state index is 0.494. The van der Waals surface area contributed by atoms with Gasteiger partial charge >= 0.3 is 0 Å². The molecule has 1 aliphatic rings. The van der Waals surface area contributed by atoms with Gasteiger partial charge in [-0.15, -0.1) is 0 Å². The number of hydrogen-bond donors (Lipinski definition) is 1. The van der Waals surface area contributed by atoms with Crippen molar-refractivity contribution in [2.45, 2.75) is 18.4 Å². The molecule has 1 heterocycles. The molecule has 0 saturated carbocycles. The first-order chi connectivity index (χ1) is 10.1. The molecule has 0 spiro atoms. The molecule has 1 saturated heterocycles. The van der Waals surface area contributed by atoms with Crippen molar-refractivity contribution in [3.8, 4) is 0 Å². The van der Waals surface area contributed by atoms with Crippen LogP contribution in [0.15, 0.2) is 48.5 Å². The van der Waals surface area contributed by atoms with Crippen LogP contribution in [0, 0.1) is 0 Å². The molecule has 2 aromatic carbocycles. The van der Waals surface area contributed by atoms with E-state index in [-0.39, 0.29) is 0 Å². The monoisotopic (exact) mass is 321 g/mol. The molecular weight excluding hydrogens is 305 g/mol. The number of halogens is 2. The third-order valence-corrected chi connectivity index (χ3v) is 4.91. The summed E-state index contributed by atoms with van der Waals surface area (Å²) in [4.78, 5) is 2.30. The molecule has 1 fully saturated rings. The fraction of sp³-hybridized carbons (Fsp3) is 0.294. The molecule has 110 valence electrons. The highest BCUT2D eigenvalue weighted by molar-refractivity contribution is 6.42. The first kappa shape index (κ1) is 14.7. The Balaban J connectivity index is 1.76. The van der Waals surface area contributed by atoms with E-state index in [4.69, 9.17) is 23.2 Å². The van der Waals surface area contributed by atoms with Crippen molar-refractivity contribution >= 4 is 28.9 Å². The topological polar surface area (TPSA) is 23.5 Å². The molecule has 0 radical (unpaired) electrons. The highest BCUT2D eigenvalue weighted by Crippen LogP contribution is 2.36. The Bertz CT molecular complexity index is 622. The number of aliphatic hydroxyl groups is 1. The van der Waals surface area contributed by atoms with E-state index in [0.717, 1.165) is 18.7 Å². The zero-order chi connectivity index (χ0) is 14.9. The molecule has 1 aliphatic heterocycles. The van der Waals surface area contributed by atoms with E-state index in [9.17, 15) is 5.11 Å². The Hall–Kier alpha value is -1.22. The SMILES string of the molecule is OC1(c2ccc(Cl)c(Cl)c2)CCN(c2ccccc2)CC1. The Labute approximate surface area is 134 Å². The molecule has 3 rings (SSSR count). The Morgan fingerprint density at radius 1 is 0.905 bits per heavy atom. The predicted molar refractivity (Wildman–Crippen MR) is 88.2 cm³/mol. The number of para-hydroxylation sites is 1. The molecular formula is C17H17Cl2NO. The lowest BCUT2D eigenvalue weighted by Gasteiger charge is -2.39. The molecule has 1 N–H and O–H groups in total. The molecule has 2 aromatic rings. The zero-order valence-corrected chi connectivity index (χ0v) is 13.1. The minimum atomic E-state index is -0.820. The van der Waals surface area contributed by atoms with Crippen LogP contribution in [0.5, 0.6) is 0 Å². The lowest BCUT2D eigenvalue weighted by molar-refractivity contribution is 0.0118. The fourth-order valence-electron chi connectivity index (χ4n) is 2.85. The van der Waals surface area contributed by atoms with Crippen LogP contribution < -0.4 is 4.90 Å². The normalized spacial score (nSPS) is 17.8. The van der Waals surface area contributed by atoms with Crippen LogP contribution in [0.1, 0.15) is 18.4 Å². The minimum Gasteiger partial charge on any atom is -0.385 e. The maximum Gasteiger partial charge on any atom is 0.0930 e. The number of rotatable bonds is 2. The summed E-state index contributed by atoms with van der Waals surface area (Å²) < 4.78 is 0. The molecule has 0 unspecified atom stereocenters. The van der Waals surface area contributed by atoms with Gasteiger partial charge in [-0.3, -0.25) is 0 Å². The van der Waals surface area contributed by atoms with Gasteiger partial charge < -0.3 is 10.0 Å². The summed E-state index contributed by atoms with van der Waals surface area (Å²) >= 11 is 12.0. The van der Waals surface area contributed by atoms with Gasteiger partial charge in [-0.1, -0.05) is 47.5 Å². The number of benzene rings is 2. The van der Waals surface area contributed by atoms with Crippen LogP contribution in [-0.2, 0) is 5.60 Å².